The summed E-state index contributed by atoms with van der Waals surface area (Å²) in [6.07, 6.45) is 4.14. The van der Waals surface area contributed by atoms with Gasteiger partial charge in [0.25, 0.3) is 0 Å². The van der Waals surface area contributed by atoms with Gasteiger partial charge in [0.05, 0.1) is 16.3 Å². The van der Waals surface area contributed by atoms with Gasteiger partial charge in [0.2, 0.25) is 0 Å². The van der Waals surface area contributed by atoms with Crippen LogP contribution in [0, 0.1) is 0 Å². The Hall–Kier alpha value is -1.35. The van der Waals surface area contributed by atoms with Crippen molar-refractivity contribution in [2.24, 2.45) is 4.36 Å². The lowest BCUT2D eigenvalue weighted by Crippen LogP contribution is -2.06. The van der Waals surface area contributed by atoms with Crippen molar-refractivity contribution in [3.05, 3.63) is 55.6 Å². The van der Waals surface area contributed by atoms with Crippen LogP contribution in [0.5, 0.6) is 0 Å². The fraction of sp³-hybridized carbons (Fsp3) is 0.231. The van der Waals surface area contributed by atoms with E-state index in [1.165, 1.54) is 0 Å². The van der Waals surface area contributed by atoms with Gasteiger partial charge in [-0.25, -0.2) is 8.57 Å². The molecule has 0 fully saturated rings. The molecule has 1 aromatic carbocycles. The van der Waals surface area contributed by atoms with Gasteiger partial charge < -0.3 is 0 Å². The van der Waals surface area contributed by atoms with E-state index < -0.39 is 9.73 Å². The molecule has 0 aliphatic heterocycles. The van der Waals surface area contributed by atoms with Gasteiger partial charge >= 0.3 is 0 Å². The Kier molecular flexibility index (Phi) is 4.99. The lowest BCUT2D eigenvalue weighted by atomic mass is 10.4. The Morgan fingerprint density at radius 1 is 1.19 bits per heavy atom. The topological polar surface area (TPSA) is 29.4 Å². The van der Waals surface area contributed by atoms with E-state index in [1.54, 1.807) is 12.2 Å². The van der Waals surface area contributed by atoms with Crippen LogP contribution in [-0.2, 0) is 9.73 Å². The fourth-order valence-corrected chi connectivity index (χ4v) is 3.23. The third-order valence-corrected chi connectivity index (χ3v) is 4.49. The molecule has 0 N–H and O–H groups in total. The average molecular weight is 235 g/mol. The maximum Gasteiger partial charge on any atom is 0.0758 e. The molecule has 0 aliphatic carbocycles. The molecule has 16 heavy (non-hydrogen) atoms. The van der Waals surface area contributed by atoms with Crippen LogP contribution in [0.2, 0.25) is 0 Å². The van der Waals surface area contributed by atoms with Crippen LogP contribution in [0.25, 0.3) is 0 Å². The first-order valence-corrected chi connectivity index (χ1v) is 6.89. The highest BCUT2D eigenvalue weighted by Gasteiger charge is 2.10. The SMILES string of the molecule is C=CCCS(=O)(=NCC=C)c1ccccc1. The number of hydrogen-bond acceptors (Lipinski definition) is 2. The van der Waals surface area contributed by atoms with E-state index >= 15 is 0 Å². The van der Waals surface area contributed by atoms with E-state index in [0.717, 1.165) is 4.90 Å². The fourth-order valence-electron chi connectivity index (χ4n) is 1.31. The van der Waals surface area contributed by atoms with Crippen LogP contribution in [-0.4, -0.2) is 16.5 Å². The van der Waals surface area contributed by atoms with Crippen molar-refractivity contribution < 1.29 is 4.21 Å². The van der Waals surface area contributed by atoms with Gasteiger partial charge in [0.1, 0.15) is 0 Å². The normalized spacial score (nSPS) is 13.8. The van der Waals surface area contributed by atoms with Gasteiger partial charge in [-0.1, -0.05) is 30.4 Å². The first-order chi connectivity index (χ1) is 7.73. The van der Waals surface area contributed by atoms with E-state index in [0.29, 0.717) is 18.7 Å². The molecule has 1 rings (SSSR count). The summed E-state index contributed by atoms with van der Waals surface area (Å²) in [6.45, 7) is 7.67. The van der Waals surface area contributed by atoms with E-state index in [4.69, 9.17) is 0 Å². The second kappa shape index (κ2) is 6.28. The van der Waals surface area contributed by atoms with Crippen molar-refractivity contribution in [2.75, 3.05) is 12.3 Å². The quantitative estimate of drug-likeness (QED) is 0.696. The van der Waals surface area contributed by atoms with Crippen LogP contribution in [0.1, 0.15) is 6.42 Å². The summed E-state index contributed by atoms with van der Waals surface area (Å²) in [4.78, 5) is 0.790. The molecule has 0 radical (unpaired) electrons. The smallest absolute Gasteiger partial charge is 0.0758 e. The first kappa shape index (κ1) is 12.7. The third-order valence-electron chi connectivity index (χ3n) is 2.12. The zero-order chi connectivity index (χ0) is 11.9. The molecule has 0 spiro atoms. The van der Waals surface area contributed by atoms with E-state index in [2.05, 4.69) is 17.5 Å². The minimum Gasteiger partial charge on any atom is -0.245 e. The molecular formula is C13H17NOS. The van der Waals surface area contributed by atoms with E-state index in [-0.39, 0.29) is 0 Å². The molecule has 0 bridgehead atoms. The van der Waals surface area contributed by atoms with E-state index in [9.17, 15) is 4.21 Å². The van der Waals surface area contributed by atoms with Crippen LogP contribution in [0.3, 0.4) is 0 Å². The summed E-state index contributed by atoms with van der Waals surface area (Å²) in [5.41, 5.74) is 0. The zero-order valence-electron chi connectivity index (χ0n) is 9.34. The maximum atomic E-state index is 12.6. The molecule has 0 aliphatic rings. The average Bonchev–Trinajstić information content (AvgIpc) is 2.35. The van der Waals surface area contributed by atoms with Crippen LogP contribution in [0.15, 0.2) is 64.9 Å². The third kappa shape index (κ3) is 3.35. The van der Waals surface area contributed by atoms with Gasteiger partial charge in [0, 0.05) is 10.6 Å². The monoisotopic (exact) mass is 235 g/mol. The lowest BCUT2D eigenvalue weighted by Gasteiger charge is -2.08. The second-order valence-electron chi connectivity index (χ2n) is 3.34. The van der Waals surface area contributed by atoms with Gasteiger partial charge in [-0.3, -0.25) is 0 Å². The number of nitrogens with zero attached hydrogens (tertiary/aromatic N) is 1. The highest BCUT2D eigenvalue weighted by molar-refractivity contribution is 7.93. The number of benzene rings is 1. The first-order valence-electron chi connectivity index (χ1n) is 5.20. The van der Waals surface area contributed by atoms with Gasteiger partial charge in [0.15, 0.2) is 0 Å². The Bertz CT molecular complexity index is 456. The van der Waals surface area contributed by atoms with Crippen molar-refractivity contribution in [1.29, 1.82) is 0 Å². The standard InChI is InChI=1S/C13H17NOS/c1-3-5-12-16(15,14-11-4-2)13-9-7-6-8-10-13/h3-4,6-10H,1-2,5,11-12H2. The molecular weight excluding hydrogens is 218 g/mol. The summed E-state index contributed by atoms with van der Waals surface area (Å²) in [5.74, 6) is 0.522. The molecule has 2 nitrogen and oxygen atoms in total. The molecule has 0 heterocycles. The Labute approximate surface area is 97.9 Å². The van der Waals surface area contributed by atoms with Gasteiger partial charge in [-0.05, 0) is 18.6 Å². The number of rotatable bonds is 6. The Morgan fingerprint density at radius 2 is 1.88 bits per heavy atom. The minimum absolute atomic E-state index is 0.421. The molecule has 86 valence electrons. The highest BCUT2D eigenvalue weighted by Crippen LogP contribution is 2.14. The van der Waals surface area contributed by atoms with Crippen LogP contribution >= 0.6 is 0 Å². The van der Waals surface area contributed by atoms with Gasteiger partial charge in [-0.2, -0.15) is 0 Å². The second-order valence-corrected chi connectivity index (χ2v) is 5.75. The Balaban J connectivity index is 3.09. The molecule has 1 atom stereocenters. The zero-order valence-corrected chi connectivity index (χ0v) is 10.2. The van der Waals surface area contributed by atoms with Crippen LogP contribution in [0.4, 0.5) is 0 Å². The van der Waals surface area contributed by atoms with Gasteiger partial charge in [-0.15, -0.1) is 13.2 Å². The summed E-state index contributed by atoms with van der Waals surface area (Å²) >= 11 is 0. The predicted octanol–water partition coefficient (Wildman–Crippen LogP) is 3.28. The molecule has 0 amide bonds. The molecule has 3 heteroatoms. The van der Waals surface area contributed by atoms with Crippen molar-refractivity contribution in [3.63, 3.8) is 0 Å². The maximum absolute atomic E-state index is 12.6. The molecule has 1 aromatic rings. The summed E-state index contributed by atoms with van der Waals surface area (Å²) < 4.78 is 16.9. The highest BCUT2D eigenvalue weighted by atomic mass is 32.2. The van der Waals surface area contributed by atoms with Crippen molar-refractivity contribution in [2.45, 2.75) is 11.3 Å². The van der Waals surface area contributed by atoms with Crippen molar-refractivity contribution in [1.82, 2.24) is 0 Å². The molecule has 0 aromatic heterocycles. The number of hydrogen-bond donors (Lipinski definition) is 0. The van der Waals surface area contributed by atoms with Crippen molar-refractivity contribution >= 4 is 9.73 Å². The largest absolute Gasteiger partial charge is 0.245 e. The summed E-state index contributed by atoms with van der Waals surface area (Å²) in [7, 11) is -2.31. The predicted molar refractivity (Wildman–Crippen MR) is 70.0 cm³/mol. The number of allylic oxidation sites excluding steroid dienone is 1. The Morgan fingerprint density at radius 3 is 2.44 bits per heavy atom. The van der Waals surface area contributed by atoms with E-state index in [1.807, 2.05) is 30.3 Å². The molecule has 0 saturated heterocycles. The molecule has 1 unspecified atom stereocenters. The van der Waals surface area contributed by atoms with Crippen LogP contribution < -0.4 is 0 Å². The lowest BCUT2D eigenvalue weighted by molar-refractivity contribution is 0.675. The van der Waals surface area contributed by atoms with Crippen molar-refractivity contribution in [3.8, 4) is 0 Å². The minimum atomic E-state index is -2.31. The molecule has 0 saturated carbocycles. The summed E-state index contributed by atoms with van der Waals surface area (Å²) in [5, 5.41) is 0. The summed E-state index contributed by atoms with van der Waals surface area (Å²) in [6, 6.07) is 9.39.